The molecule has 1 heterocycles. The van der Waals surface area contributed by atoms with E-state index in [1.54, 1.807) is 12.3 Å². The van der Waals surface area contributed by atoms with E-state index in [2.05, 4.69) is 26.2 Å². The maximum atomic E-state index is 10.1. The number of phenols is 1. The standard InChI is InChI=1S/C14H15BrN2O2/c1-2-19-12-5-3-4-10(14(12)18)8-16-11-6-7-13(15)17-9-11/h3-7,9,16,18H,2,8H2,1H3. The number of anilines is 1. The lowest BCUT2D eigenvalue weighted by molar-refractivity contribution is 0.317. The van der Waals surface area contributed by atoms with Gasteiger partial charge in [-0.2, -0.15) is 0 Å². The van der Waals surface area contributed by atoms with Crippen LogP contribution in [-0.4, -0.2) is 16.7 Å². The molecule has 0 saturated carbocycles. The minimum absolute atomic E-state index is 0.182. The molecule has 0 amide bonds. The Morgan fingerprint density at radius 3 is 2.84 bits per heavy atom. The molecule has 2 aromatic rings. The van der Waals surface area contributed by atoms with Crippen molar-refractivity contribution in [3.63, 3.8) is 0 Å². The van der Waals surface area contributed by atoms with Gasteiger partial charge in [0.05, 0.1) is 18.5 Å². The van der Waals surface area contributed by atoms with Gasteiger partial charge in [-0.1, -0.05) is 12.1 Å². The second-order valence-electron chi connectivity index (χ2n) is 3.92. The predicted octanol–water partition coefficient (Wildman–Crippen LogP) is 3.56. The molecule has 0 aliphatic rings. The van der Waals surface area contributed by atoms with Gasteiger partial charge < -0.3 is 15.2 Å². The highest BCUT2D eigenvalue weighted by Crippen LogP contribution is 2.30. The Morgan fingerprint density at radius 1 is 1.32 bits per heavy atom. The van der Waals surface area contributed by atoms with Crippen molar-refractivity contribution >= 4 is 21.6 Å². The molecule has 0 atom stereocenters. The van der Waals surface area contributed by atoms with Gasteiger partial charge in [-0.3, -0.25) is 0 Å². The number of para-hydroxylation sites is 1. The first kappa shape index (κ1) is 13.7. The quantitative estimate of drug-likeness (QED) is 0.826. The van der Waals surface area contributed by atoms with Crippen molar-refractivity contribution in [3.05, 3.63) is 46.7 Å². The molecule has 0 unspecified atom stereocenters. The predicted molar refractivity (Wildman–Crippen MR) is 78.5 cm³/mol. The molecule has 2 rings (SSSR count). The van der Waals surface area contributed by atoms with E-state index in [1.807, 2.05) is 31.2 Å². The number of hydrogen-bond donors (Lipinski definition) is 2. The third-order valence-corrected chi connectivity index (χ3v) is 3.06. The van der Waals surface area contributed by atoms with E-state index >= 15 is 0 Å². The number of halogens is 1. The second kappa shape index (κ2) is 6.43. The van der Waals surface area contributed by atoms with Crippen LogP contribution in [0.1, 0.15) is 12.5 Å². The molecule has 0 spiro atoms. The Hall–Kier alpha value is -1.75. The minimum Gasteiger partial charge on any atom is -0.504 e. The van der Waals surface area contributed by atoms with Crippen molar-refractivity contribution in [2.75, 3.05) is 11.9 Å². The van der Waals surface area contributed by atoms with Crippen LogP contribution in [0.4, 0.5) is 5.69 Å². The SMILES string of the molecule is CCOc1cccc(CNc2ccc(Br)nc2)c1O. The topological polar surface area (TPSA) is 54.4 Å². The first-order valence-corrected chi connectivity index (χ1v) is 6.79. The molecule has 5 heteroatoms. The molecular weight excluding hydrogens is 308 g/mol. The van der Waals surface area contributed by atoms with Gasteiger partial charge in [-0.05, 0) is 41.1 Å². The second-order valence-corrected chi connectivity index (χ2v) is 4.73. The van der Waals surface area contributed by atoms with Crippen molar-refractivity contribution < 1.29 is 9.84 Å². The van der Waals surface area contributed by atoms with Gasteiger partial charge in [-0.15, -0.1) is 0 Å². The first-order valence-electron chi connectivity index (χ1n) is 5.99. The molecule has 0 fully saturated rings. The number of nitrogens with zero attached hydrogens (tertiary/aromatic N) is 1. The fourth-order valence-corrected chi connectivity index (χ4v) is 1.89. The lowest BCUT2D eigenvalue weighted by Crippen LogP contribution is -2.01. The van der Waals surface area contributed by atoms with Crippen molar-refractivity contribution in [1.29, 1.82) is 0 Å². The third kappa shape index (κ3) is 3.61. The van der Waals surface area contributed by atoms with E-state index in [-0.39, 0.29) is 5.75 Å². The summed E-state index contributed by atoms with van der Waals surface area (Å²) in [7, 11) is 0. The maximum absolute atomic E-state index is 10.1. The van der Waals surface area contributed by atoms with Gasteiger partial charge >= 0.3 is 0 Å². The molecule has 100 valence electrons. The Bertz CT molecular complexity index is 544. The van der Waals surface area contributed by atoms with Crippen LogP contribution in [0, 0.1) is 0 Å². The van der Waals surface area contributed by atoms with Gasteiger partial charge in [0.1, 0.15) is 4.60 Å². The molecule has 1 aromatic carbocycles. The van der Waals surface area contributed by atoms with Crippen molar-refractivity contribution in [3.8, 4) is 11.5 Å². The zero-order chi connectivity index (χ0) is 13.7. The van der Waals surface area contributed by atoms with Crippen molar-refractivity contribution in [1.82, 2.24) is 4.98 Å². The Morgan fingerprint density at radius 2 is 2.16 bits per heavy atom. The number of benzene rings is 1. The highest BCUT2D eigenvalue weighted by molar-refractivity contribution is 9.10. The van der Waals surface area contributed by atoms with Crippen molar-refractivity contribution in [2.24, 2.45) is 0 Å². The monoisotopic (exact) mass is 322 g/mol. The molecule has 19 heavy (non-hydrogen) atoms. The van der Waals surface area contributed by atoms with E-state index < -0.39 is 0 Å². The first-order chi connectivity index (χ1) is 9.20. The summed E-state index contributed by atoms with van der Waals surface area (Å²) in [5.41, 5.74) is 1.68. The number of rotatable bonds is 5. The van der Waals surface area contributed by atoms with Crippen LogP contribution in [-0.2, 0) is 6.54 Å². The van der Waals surface area contributed by atoms with Gasteiger partial charge in [0, 0.05) is 12.1 Å². The van der Waals surface area contributed by atoms with Crippen LogP contribution >= 0.6 is 15.9 Å². The summed E-state index contributed by atoms with van der Waals surface area (Å²) in [6, 6.07) is 9.25. The smallest absolute Gasteiger partial charge is 0.162 e. The number of pyridine rings is 1. The molecule has 4 nitrogen and oxygen atoms in total. The Labute approximate surface area is 120 Å². The number of hydrogen-bond acceptors (Lipinski definition) is 4. The number of aromatic hydroxyl groups is 1. The summed E-state index contributed by atoms with van der Waals surface area (Å²) in [5, 5.41) is 13.3. The fourth-order valence-electron chi connectivity index (χ4n) is 1.66. The average molecular weight is 323 g/mol. The van der Waals surface area contributed by atoms with E-state index in [9.17, 15) is 5.11 Å². The van der Waals surface area contributed by atoms with E-state index in [4.69, 9.17) is 4.74 Å². The summed E-state index contributed by atoms with van der Waals surface area (Å²) in [6.45, 7) is 2.93. The third-order valence-electron chi connectivity index (χ3n) is 2.59. The summed E-state index contributed by atoms with van der Waals surface area (Å²) in [6.07, 6.45) is 1.73. The van der Waals surface area contributed by atoms with Crippen LogP contribution in [0.2, 0.25) is 0 Å². The molecule has 0 aliphatic carbocycles. The Balaban J connectivity index is 2.07. The molecule has 1 aromatic heterocycles. The van der Waals surface area contributed by atoms with Gasteiger partial charge in [-0.25, -0.2) is 4.98 Å². The summed E-state index contributed by atoms with van der Waals surface area (Å²) in [5.74, 6) is 0.692. The molecule has 0 aliphatic heterocycles. The van der Waals surface area contributed by atoms with Crippen LogP contribution in [0.5, 0.6) is 11.5 Å². The van der Waals surface area contributed by atoms with Crippen LogP contribution < -0.4 is 10.1 Å². The van der Waals surface area contributed by atoms with Crippen LogP contribution in [0.25, 0.3) is 0 Å². The summed E-state index contributed by atoms with van der Waals surface area (Å²) in [4.78, 5) is 4.13. The lowest BCUT2D eigenvalue weighted by Gasteiger charge is -2.11. The number of ether oxygens (including phenoxy) is 1. The minimum atomic E-state index is 0.182. The maximum Gasteiger partial charge on any atom is 0.162 e. The zero-order valence-corrected chi connectivity index (χ0v) is 12.1. The number of phenolic OH excluding ortho intramolecular Hbond substituents is 1. The summed E-state index contributed by atoms with van der Waals surface area (Å²) >= 11 is 3.28. The molecule has 0 saturated heterocycles. The van der Waals surface area contributed by atoms with Crippen LogP contribution in [0.15, 0.2) is 41.1 Å². The van der Waals surface area contributed by atoms with Gasteiger partial charge in [0.2, 0.25) is 0 Å². The highest BCUT2D eigenvalue weighted by atomic mass is 79.9. The molecule has 2 N–H and O–H groups in total. The normalized spacial score (nSPS) is 10.2. The average Bonchev–Trinajstić information content (AvgIpc) is 2.42. The largest absolute Gasteiger partial charge is 0.504 e. The highest BCUT2D eigenvalue weighted by Gasteiger charge is 2.07. The molecule has 0 radical (unpaired) electrons. The zero-order valence-electron chi connectivity index (χ0n) is 10.6. The van der Waals surface area contributed by atoms with Gasteiger partial charge in [0.25, 0.3) is 0 Å². The Kier molecular flexibility index (Phi) is 4.63. The van der Waals surface area contributed by atoms with E-state index in [0.717, 1.165) is 15.9 Å². The summed E-state index contributed by atoms with van der Waals surface area (Å²) < 4.78 is 6.14. The lowest BCUT2D eigenvalue weighted by atomic mass is 10.2. The molecular formula is C14H15BrN2O2. The van der Waals surface area contributed by atoms with Crippen LogP contribution in [0.3, 0.4) is 0 Å². The van der Waals surface area contributed by atoms with E-state index in [0.29, 0.717) is 18.9 Å². The van der Waals surface area contributed by atoms with E-state index in [1.165, 1.54) is 0 Å². The molecule has 0 bridgehead atoms. The van der Waals surface area contributed by atoms with Gasteiger partial charge in [0.15, 0.2) is 11.5 Å². The fraction of sp³-hybridized carbons (Fsp3) is 0.214. The van der Waals surface area contributed by atoms with Crippen molar-refractivity contribution in [2.45, 2.75) is 13.5 Å². The number of aromatic nitrogens is 1. The number of nitrogens with one attached hydrogen (secondary N) is 1.